The summed E-state index contributed by atoms with van der Waals surface area (Å²) in [5, 5.41) is 19.1. The first-order valence-corrected chi connectivity index (χ1v) is 18.6. The van der Waals surface area contributed by atoms with E-state index >= 15 is 0 Å². The van der Waals surface area contributed by atoms with Gasteiger partial charge in [-0.3, -0.25) is 14.3 Å². The molecule has 1 N–H and O–H groups in total. The highest BCUT2D eigenvalue weighted by Gasteiger charge is 2.66. The Kier molecular flexibility index (Phi) is 9.57. The minimum atomic E-state index is -2.25. The molecule has 1 amide bonds. The van der Waals surface area contributed by atoms with Crippen molar-refractivity contribution in [2.24, 2.45) is 5.92 Å². The third-order valence-electron chi connectivity index (χ3n) is 9.58. The van der Waals surface area contributed by atoms with Gasteiger partial charge in [0.1, 0.15) is 5.75 Å². The standard InChI is InChI=1S/C33H44N4O6Si/c1-23-31(44(4,5)26-15-13-25(41-2)14-16-26)29(17-20-36-22-24(18-21-38)34-35-36)43-33(23)27-10-6-7-11-28(27)37(32(33)40)19-9-8-12-30(39)42-3/h6-7,10-11,13-16,22-23,29,31,38H,8-9,12,17-21H2,1-5H3/t23-,29+,31-,33+/m0/s1. The molecule has 2 aliphatic heterocycles. The molecule has 10 nitrogen and oxygen atoms in total. The third kappa shape index (κ3) is 5.80. The summed E-state index contributed by atoms with van der Waals surface area (Å²) in [7, 11) is 0.816. The van der Waals surface area contributed by atoms with Gasteiger partial charge in [-0.2, -0.15) is 0 Å². The largest absolute Gasteiger partial charge is 0.497 e. The van der Waals surface area contributed by atoms with Crippen molar-refractivity contribution in [1.29, 1.82) is 0 Å². The summed E-state index contributed by atoms with van der Waals surface area (Å²) in [5.41, 5.74) is 1.57. The number of aryl methyl sites for hydroxylation is 1. The second-order valence-electron chi connectivity index (χ2n) is 12.4. The molecule has 11 heteroatoms. The Balaban J connectivity index is 1.49. The molecule has 5 rings (SSSR count). The number of carbonyl (C=O) groups is 2. The third-order valence-corrected chi connectivity index (χ3v) is 13.9. The lowest BCUT2D eigenvalue weighted by Gasteiger charge is -2.37. The van der Waals surface area contributed by atoms with Crippen LogP contribution in [0, 0.1) is 5.92 Å². The summed E-state index contributed by atoms with van der Waals surface area (Å²) < 4.78 is 19.2. The van der Waals surface area contributed by atoms with E-state index in [1.807, 2.05) is 47.5 Å². The van der Waals surface area contributed by atoms with Gasteiger partial charge in [-0.05, 0) is 43.0 Å². The van der Waals surface area contributed by atoms with Crippen LogP contribution in [0.5, 0.6) is 5.75 Å². The first kappa shape index (κ1) is 31.9. The number of esters is 1. The number of fused-ring (bicyclic) bond motifs is 2. The molecule has 0 aliphatic carbocycles. The first-order valence-electron chi connectivity index (χ1n) is 15.5. The van der Waals surface area contributed by atoms with Gasteiger partial charge in [-0.1, -0.05) is 60.7 Å². The molecule has 1 saturated heterocycles. The SMILES string of the molecule is COC(=O)CCCCN1C(=O)[C@]2(O[C@H](CCn3cc(CCO)nn3)[C@@H]([Si](C)(C)c3ccc(OC)cc3)[C@@H]2C)c2ccccc21. The van der Waals surface area contributed by atoms with E-state index in [0.29, 0.717) is 45.2 Å². The Labute approximate surface area is 260 Å². The fraction of sp³-hybridized carbons (Fsp3) is 0.515. The number of para-hydroxylation sites is 1. The molecule has 1 spiro atoms. The number of ether oxygens (including phenoxy) is 3. The maximum Gasteiger partial charge on any atom is 0.305 e. The van der Waals surface area contributed by atoms with Gasteiger partial charge in [0.2, 0.25) is 0 Å². The van der Waals surface area contributed by atoms with Crippen LogP contribution in [0.4, 0.5) is 5.69 Å². The number of methoxy groups -OCH3 is 2. The zero-order valence-corrected chi connectivity index (χ0v) is 27.4. The molecule has 0 saturated carbocycles. The fourth-order valence-corrected chi connectivity index (χ4v) is 11.4. The number of unbranched alkanes of at least 4 members (excludes halogenated alkanes) is 1. The first-order chi connectivity index (χ1) is 21.2. The van der Waals surface area contributed by atoms with E-state index in [0.717, 1.165) is 22.7 Å². The molecule has 0 bridgehead atoms. The number of amides is 1. The zero-order valence-electron chi connectivity index (χ0n) is 26.4. The molecule has 2 aromatic carbocycles. The second kappa shape index (κ2) is 13.2. The van der Waals surface area contributed by atoms with E-state index in [4.69, 9.17) is 14.2 Å². The van der Waals surface area contributed by atoms with Crippen LogP contribution in [0.1, 0.15) is 43.9 Å². The average Bonchev–Trinajstić information content (AvgIpc) is 3.68. The van der Waals surface area contributed by atoms with E-state index < -0.39 is 13.7 Å². The molecular weight excluding hydrogens is 576 g/mol. The van der Waals surface area contributed by atoms with Gasteiger partial charge in [0.25, 0.3) is 5.91 Å². The van der Waals surface area contributed by atoms with Crippen LogP contribution in [-0.2, 0) is 37.6 Å². The van der Waals surface area contributed by atoms with Crippen molar-refractivity contribution in [3.8, 4) is 5.75 Å². The molecule has 3 heterocycles. The average molecular weight is 621 g/mol. The van der Waals surface area contributed by atoms with Crippen LogP contribution in [-0.4, -0.2) is 73.5 Å². The lowest BCUT2D eigenvalue weighted by atomic mass is 9.82. The van der Waals surface area contributed by atoms with Crippen LogP contribution >= 0.6 is 0 Å². The summed E-state index contributed by atoms with van der Waals surface area (Å²) in [5.74, 6) is 0.456. The van der Waals surface area contributed by atoms with Crippen molar-refractivity contribution >= 4 is 30.8 Å². The summed E-state index contributed by atoms with van der Waals surface area (Å²) in [6.07, 6.45) is 4.45. The number of aliphatic hydroxyl groups is 1. The normalized spacial score (nSPS) is 22.9. The van der Waals surface area contributed by atoms with E-state index in [2.05, 4.69) is 42.5 Å². The van der Waals surface area contributed by atoms with Gasteiger partial charge in [0, 0.05) is 50.2 Å². The maximum atomic E-state index is 14.6. The minimum absolute atomic E-state index is 0.0227. The number of benzene rings is 2. The van der Waals surface area contributed by atoms with Crippen molar-refractivity contribution < 1.29 is 28.9 Å². The predicted molar refractivity (Wildman–Crippen MR) is 170 cm³/mol. The van der Waals surface area contributed by atoms with Gasteiger partial charge in [0.05, 0.1) is 39.8 Å². The Bertz CT molecular complexity index is 1460. The number of rotatable bonds is 13. The van der Waals surface area contributed by atoms with E-state index in [9.17, 15) is 14.7 Å². The molecule has 2 aliphatic rings. The Hall–Kier alpha value is -3.54. The number of hydrogen-bond acceptors (Lipinski definition) is 8. The number of carbonyl (C=O) groups excluding carboxylic acids is 2. The van der Waals surface area contributed by atoms with Gasteiger partial charge < -0.3 is 24.2 Å². The van der Waals surface area contributed by atoms with Crippen LogP contribution < -0.4 is 14.8 Å². The zero-order chi connectivity index (χ0) is 31.5. The van der Waals surface area contributed by atoms with Crippen molar-refractivity contribution in [2.75, 3.05) is 32.3 Å². The number of aliphatic hydroxyl groups excluding tert-OH is 1. The maximum absolute atomic E-state index is 14.6. The highest BCUT2D eigenvalue weighted by molar-refractivity contribution is 6.91. The van der Waals surface area contributed by atoms with E-state index in [1.165, 1.54) is 12.3 Å². The van der Waals surface area contributed by atoms with E-state index in [-0.39, 0.29) is 36.0 Å². The monoisotopic (exact) mass is 620 g/mol. The predicted octanol–water partition coefficient (Wildman–Crippen LogP) is 3.82. The summed E-state index contributed by atoms with van der Waals surface area (Å²) in [6, 6.07) is 16.3. The van der Waals surface area contributed by atoms with Crippen LogP contribution in [0.25, 0.3) is 0 Å². The highest BCUT2D eigenvalue weighted by atomic mass is 28.3. The summed E-state index contributed by atoms with van der Waals surface area (Å²) in [6.45, 7) is 8.04. The lowest BCUT2D eigenvalue weighted by molar-refractivity contribution is -0.146. The van der Waals surface area contributed by atoms with Crippen LogP contribution in [0.3, 0.4) is 0 Å². The molecule has 1 aromatic heterocycles. The van der Waals surface area contributed by atoms with Crippen molar-refractivity contribution in [3.05, 3.63) is 66.0 Å². The quantitative estimate of drug-likeness (QED) is 0.174. The van der Waals surface area contributed by atoms with Crippen LogP contribution in [0.15, 0.2) is 54.7 Å². The molecular formula is C33H44N4O6Si. The molecule has 0 unspecified atom stereocenters. The van der Waals surface area contributed by atoms with Crippen molar-refractivity contribution in [3.63, 3.8) is 0 Å². The number of anilines is 1. The Morgan fingerprint density at radius 3 is 2.55 bits per heavy atom. The Morgan fingerprint density at radius 1 is 1.09 bits per heavy atom. The van der Waals surface area contributed by atoms with Gasteiger partial charge >= 0.3 is 5.97 Å². The van der Waals surface area contributed by atoms with Crippen molar-refractivity contribution in [2.45, 2.75) is 75.9 Å². The molecule has 4 atom stereocenters. The summed E-state index contributed by atoms with van der Waals surface area (Å²) >= 11 is 0. The molecule has 44 heavy (non-hydrogen) atoms. The molecule has 1 fully saturated rings. The van der Waals surface area contributed by atoms with Gasteiger partial charge in [-0.25, -0.2) is 0 Å². The lowest BCUT2D eigenvalue weighted by Crippen LogP contribution is -2.52. The molecule has 3 aromatic rings. The minimum Gasteiger partial charge on any atom is -0.497 e. The topological polar surface area (TPSA) is 116 Å². The van der Waals surface area contributed by atoms with E-state index in [1.54, 1.807) is 11.8 Å². The smallest absolute Gasteiger partial charge is 0.305 e. The number of aromatic nitrogens is 3. The second-order valence-corrected chi connectivity index (χ2v) is 17.1. The van der Waals surface area contributed by atoms with Crippen molar-refractivity contribution in [1.82, 2.24) is 15.0 Å². The van der Waals surface area contributed by atoms with Gasteiger partial charge in [-0.15, -0.1) is 5.10 Å². The highest BCUT2D eigenvalue weighted by Crippen LogP contribution is 2.59. The number of hydrogen-bond donors (Lipinski definition) is 1. The number of nitrogens with zero attached hydrogens (tertiary/aromatic N) is 4. The molecule has 0 radical (unpaired) electrons. The fourth-order valence-electron chi connectivity index (χ4n) is 7.34. The Morgan fingerprint density at radius 2 is 1.84 bits per heavy atom. The van der Waals surface area contributed by atoms with Crippen LogP contribution in [0.2, 0.25) is 18.6 Å². The molecule has 236 valence electrons. The van der Waals surface area contributed by atoms with Gasteiger partial charge in [0.15, 0.2) is 5.60 Å². The summed E-state index contributed by atoms with van der Waals surface area (Å²) in [4.78, 5) is 28.2.